The molecule has 1 aliphatic heterocycles. The van der Waals surface area contributed by atoms with E-state index < -0.39 is 0 Å². The van der Waals surface area contributed by atoms with E-state index in [-0.39, 0.29) is 18.2 Å². The van der Waals surface area contributed by atoms with Gasteiger partial charge in [0.25, 0.3) is 5.19 Å². The van der Waals surface area contributed by atoms with E-state index in [9.17, 15) is 9.59 Å². The first-order valence-electron chi connectivity index (χ1n) is 11.8. The molecule has 1 aliphatic rings. The number of ether oxygens (including phenoxy) is 1. The molecule has 0 aliphatic carbocycles. The number of rotatable bonds is 10. The first-order valence-corrected chi connectivity index (χ1v) is 13.5. The number of carbonyl (C=O) groups is 2. The van der Waals surface area contributed by atoms with Gasteiger partial charge < -0.3 is 20.3 Å². The molecule has 190 valence electrons. The number of hydrogen-bond donors (Lipinski definition) is 2. The number of anilines is 3. The predicted octanol–water partition coefficient (Wildman–Crippen LogP) is 3.66. The van der Waals surface area contributed by atoms with Gasteiger partial charge in [0, 0.05) is 19.0 Å². The summed E-state index contributed by atoms with van der Waals surface area (Å²) in [6.45, 7) is 2.09. The van der Waals surface area contributed by atoms with E-state index in [0.717, 1.165) is 35.8 Å². The first-order chi connectivity index (χ1) is 18.1. The van der Waals surface area contributed by atoms with E-state index in [2.05, 4.69) is 35.9 Å². The van der Waals surface area contributed by atoms with Gasteiger partial charge >= 0.3 is 0 Å². The van der Waals surface area contributed by atoms with Crippen LogP contribution in [-0.4, -0.2) is 51.9 Å². The van der Waals surface area contributed by atoms with Crippen LogP contribution in [0.15, 0.2) is 60.7 Å². The quantitative estimate of drug-likeness (QED) is 0.316. The highest BCUT2D eigenvalue weighted by atomic mass is 32.1. The van der Waals surface area contributed by atoms with Crippen LogP contribution in [0, 0.1) is 5.92 Å². The standard InChI is InChI=1S/C25H25N7O3S2/c33-20(13-17-7-3-1-4-8-17)26-22-28-30-24(36-22)32-12-11-19(15-32)16-35-25-31-29-23(37-25)27-21(34)14-18-9-5-2-6-10-18/h1-10,19H,11-16H2,(H,26,28,33)(H,27,29,34). The molecule has 37 heavy (non-hydrogen) atoms. The normalized spacial score (nSPS) is 14.9. The second-order valence-electron chi connectivity index (χ2n) is 8.60. The second kappa shape index (κ2) is 11.9. The van der Waals surface area contributed by atoms with Crippen molar-refractivity contribution in [3.05, 3.63) is 71.8 Å². The molecule has 12 heteroatoms. The van der Waals surface area contributed by atoms with E-state index >= 15 is 0 Å². The lowest BCUT2D eigenvalue weighted by Gasteiger charge is -2.13. The number of hydrogen-bond acceptors (Lipinski definition) is 10. The van der Waals surface area contributed by atoms with Crippen LogP contribution in [0.2, 0.25) is 0 Å². The number of nitrogens with one attached hydrogen (secondary N) is 2. The molecule has 1 atom stereocenters. The minimum atomic E-state index is -0.145. The third-order valence-corrected chi connectivity index (χ3v) is 7.38. The highest BCUT2D eigenvalue weighted by Gasteiger charge is 2.26. The van der Waals surface area contributed by atoms with Crippen molar-refractivity contribution in [2.75, 3.05) is 35.2 Å². The summed E-state index contributed by atoms with van der Waals surface area (Å²) in [5.41, 5.74) is 1.88. The van der Waals surface area contributed by atoms with Gasteiger partial charge in [0.2, 0.25) is 27.2 Å². The lowest BCUT2D eigenvalue weighted by Crippen LogP contribution is -2.21. The number of benzene rings is 2. The fraction of sp³-hybridized carbons (Fsp3) is 0.280. The molecule has 0 saturated carbocycles. The van der Waals surface area contributed by atoms with Crippen LogP contribution < -0.4 is 20.3 Å². The Morgan fingerprint density at radius 2 is 1.43 bits per heavy atom. The zero-order chi connectivity index (χ0) is 25.5. The van der Waals surface area contributed by atoms with Crippen LogP contribution in [0.1, 0.15) is 17.5 Å². The summed E-state index contributed by atoms with van der Waals surface area (Å²) in [5, 5.41) is 24.1. The van der Waals surface area contributed by atoms with Crippen molar-refractivity contribution in [1.29, 1.82) is 0 Å². The van der Waals surface area contributed by atoms with E-state index in [4.69, 9.17) is 4.74 Å². The second-order valence-corrected chi connectivity index (χ2v) is 10.5. The van der Waals surface area contributed by atoms with Gasteiger partial charge in [-0.25, -0.2) is 0 Å². The summed E-state index contributed by atoms with van der Waals surface area (Å²) < 4.78 is 5.85. The molecule has 4 aromatic rings. The topological polar surface area (TPSA) is 122 Å². The van der Waals surface area contributed by atoms with Crippen molar-refractivity contribution < 1.29 is 14.3 Å². The third-order valence-electron chi connectivity index (χ3n) is 5.73. The lowest BCUT2D eigenvalue weighted by molar-refractivity contribution is -0.116. The first kappa shape index (κ1) is 24.8. The number of aromatic nitrogens is 4. The van der Waals surface area contributed by atoms with Crippen LogP contribution in [0.3, 0.4) is 0 Å². The van der Waals surface area contributed by atoms with Crippen molar-refractivity contribution in [1.82, 2.24) is 20.4 Å². The average Bonchev–Trinajstić information content (AvgIpc) is 3.65. The minimum Gasteiger partial charge on any atom is -0.469 e. The van der Waals surface area contributed by atoms with Gasteiger partial charge in [0.05, 0.1) is 19.4 Å². The third kappa shape index (κ3) is 7.08. The molecule has 2 aromatic heterocycles. The van der Waals surface area contributed by atoms with Crippen molar-refractivity contribution in [2.24, 2.45) is 5.92 Å². The molecule has 0 bridgehead atoms. The van der Waals surface area contributed by atoms with Gasteiger partial charge in [0.15, 0.2) is 0 Å². The molecule has 1 saturated heterocycles. The molecule has 0 radical (unpaired) electrons. The highest BCUT2D eigenvalue weighted by molar-refractivity contribution is 7.19. The maximum absolute atomic E-state index is 12.3. The Kier molecular flexibility index (Phi) is 7.96. The van der Waals surface area contributed by atoms with Crippen molar-refractivity contribution in [2.45, 2.75) is 19.3 Å². The average molecular weight is 536 g/mol. The molecule has 2 aromatic carbocycles. The summed E-state index contributed by atoms with van der Waals surface area (Å²) >= 11 is 2.58. The number of carbonyl (C=O) groups excluding carboxylic acids is 2. The van der Waals surface area contributed by atoms with Crippen LogP contribution in [0.4, 0.5) is 15.4 Å². The molecular weight excluding hydrogens is 510 g/mol. The molecule has 1 fully saturated rings. The molecule has 3 heterocycles. The largest absolute Gasteiger partial charge is 0.469 e. The Morgan fingerprint density at radius 1 is 0.838 bits per heavy atom. The van der Waals surface area contributed by atoms with Crippen molar-refractivity contribution in [3.8, 4) is 5.19 Å². The van der Waals surface area contributed by atoms with Crippen molar-refractivity contribution in [3.63, 3.8) is 0 Å². The fourth-order valence-electron chi connectivity index (χ4n) is 3.93. The summed E-state index contributed by atoms with van der Waals surface area (Å²) in [5.74, 6) is 0.0299. The van der Waals surface area contributed by atoms with Gasteiger partial charge in [-0.3, -0.25) is 9.59 Å². The molecular formula is C25H25N7O3S2. The predicted molar refractivity (Wildman–Crippen MR) is 143 cm³/mol. The number of nitrogens with zero attached hydrogens (tertiary/aromatic N) is 5. The molecule has 10 nitrogen and oxygen atoms in total. The van der Waals surface area contributed by atoms with Gasteiger partial charge in [-0.1, -0.05) is 77.1 Å². The molecule has 2 N–H and O–H groups in total. The molecule has 0 spiro atoms. The maximum Gasteiger partial charge on any atom is 0.295 e. The fourth-order valence-corrected chi connectivity index (χ4v) is 5.35. The van der Waals surface area contributed by atoms with Gasteiger partial charge in [-0.05, 0) is 28.9 Å². The zero-order valence-corrected chi connectivity index (χ0v) is 21.5. The Balaban J connectivity index is 1.05. The van der Waals surface area contributed by atoms with E-state index in [1.807, 2.05) is 60.7 Å². The monoisotopic (exact) mass is 535 g/mol. The summed E-state index contributed by atoms with van der Waals surface area (Å²) in [6, 6.07) is 19.1. The van der Waals surface area contributed by atoms with Crippen molar-refractivity contribution >= 4 is 49.9 Å². The Morgan fingerprint density at radius 3 is 2.08 bits per heavy atom. The summed E-state index contributed by atoms with van der Waals surface area (Å²) in [6.07, 6.45) is 1.51. The lowest BCUT2D eigenvalue weighted by atomic mass is 10.1. The van der Waals surface area contributed by atoms with Gasteiger partial charge in [0.1, 0.15) is 0 Å². The summed E-state index contributed by atoms with van der Waals surface area (Å²) in [7, 11) is 0. The van der Waals surface area contributed by atoms with Crippen LogP contribution in [0.25, 0.3) is 0 Å². The van der Waals surface area contributed by atoms with E-state index in [1.165, 1.54) is 22.7 Å². The van der Waals surface area contributed by atoms with Crippen LogP contribution in [0.5, 0.6) is 5.19 Å². The van der Waals surface area contributed by atoms with Crippen LogP contribution >= 0.6 is 22.7 Å². The SMILES string of the molecule is O=C(Cc1ccccc1)Nc1nnc(OCC2CCN(c3nnc(NC(=O)Cc4ccccc4)s3)C2)s1. The molecule has 5 rings (SSSR count). The van der Waals surface area contributed by atoms with Crippen LogP contribution in [-0.2, 0) is 22.4 Å². The minimum absolute atomic E-state index is 0.116. The van der Waals surface area contributed by atoms with Gasteiger partial charge in [-0.2, -0.15) is 0 Å². The highest BCUT2D eigenvalue weighted by Crippen LogP contribution is 2.30. The smallest absolute Gasteiger partial charge is 0.295 e. The Hall–Kier alpha value is -3.90. The maximum atomic E-state index is 12.3. The number of amides is 2. The molecule has 2 amide bonds. The van der Waals surface area contributed by atoms with E-state index in [1.54, 1.807) is 0 Å². The zero-order valence-electron chi connectivity index (χ0n) is 19.9. The van der Waals surface area contributed by atoms with Gasteiger partial charge in [-0.15, -0.1) is 15.3 Å². The Bertz CT molecular complexity index is 1330. The van der Waals surface area contributed by atoms with E-state index in [0.29, 0.717) is 34.4 Å². The summed E-state index contributed by atoms with van der Waals surface area (Å²) in [4.78, 5) is 26.7. The Labute approximate surface area is 221 Å². The molecule has 1 unspecified atom stereocenters.